The van der Waals surface area contributed by atoms with Crippen LogP contribution in [0.25, 0.3) is 0 Å². The number of hydrogen-bond acceptors (Lipinski definition) is 15. The van der Waals surface area contributed by atoms with E-state index < -0.39 is 97.5 Å². The van der Waals surface area contributed by atoms with E-state index in [9.17, 15) is 43.2 Å². The lowest BCUT2D eigenvalue weighted by molar-refractivity contribution is -0.161. The number of hydrogen-bond donors (Lipinski definition) is 3. The fourth-order valence-corrected chi connectivity index (χ4v) is 14.1. The Hall–Kier alpha value is -1.94. The molecule has 0 aromatic rings. The highest BCUT2D eigenvalue weighted by molar-refractivity contribution is 7.47. The van der Waals surface area contributed by atoms with Crippen molar-refractivity contribution >= 4 is 39.5 Å². The number of aliphatic hydroxyl groups is 1. The van der Waals surface area contributed by atoms with Crippen molar-refractivity contribution in [3.05, 3.63) is 0 Å². The van der Waals surface area contributed by atoms with Gasteiger partial charge in [0.25, 0.3) is 0 Å². The number of esters is 4. The average molecular weight is 1470 g/mol. The molecule has 100 heavy (non-hydrogen) atoms. The quantitative estimate of drug-likeness (QED) is 0.0222. The average Bonchev–Trinajstić information content (AvgIpc) is 0.964. The van der Waals surface area contributed by atoms with Crippen LogP contribution in [0.15, 0.2) is 0 Å². The number of aliphatic hydroxyl groups excluding tert-OH is 1. The molecule has 0 amide bonds. The van der Waals surface area contributed by atoms with Gasteiger partial charge in [-0.15, -0.1) is 0 Å². The highest BCUT2D eigenvalue weighted by Gasteiger charge is 2.30. The van der Waals surface area contributed by atoms with Gasteiger partial charge >= 0.3 is 39.5 Å². The fourth-order valence-electron chi connectivity index (χ4n) is 12.5. The van der Waals surface area contributed by atoms with E-state index in [2.05, 4.69) is 41.5 Å². The van der Waals surface area contributed by atoms with Gasteiger partial charge in [-0.3, -0.25) is 37.3 Å². The van der Waals surface area contributed by atoms with E-state index in [1.807, 2.05) is 0 Å². The van der Waals surface area contributed by atoms with Gasteiger partial charge in [0.1, 0.15) is 19.3 Å². The summed E-state index contributed by atoms with van der Waals surface area (Å²) in [5.74, 6) is -0.576. The first-order valence-corrected chi connectivity index (χ1v) is 45.1. The summed E-state index contributed by atoms with van der Waals surface area (Å²) < 4.78 is 68.7. The Labute approximate surface area is 613 Å². The molecule has 0 radical (unpaired) electrons. The van der Waals surface area contributed by atoms with Crippen LogP contribution in [0.5, 0.6) is 0 Å². The summed E-state index contributed by atoms with van der Waals surface area (Å²) in [5, 5.41) is 10.6. The largest absolute Gasteiger partial charge is 0.472 e. The lowest BCUT2D eigenvalue weighted by Gasteiger charge is -2.21. The molecule has 4 unspecified atom stereocenters. The summed E-state index contributed by atoms with van der Waals surface area (Å²) >= 11 is 0. The van der Waals surface area contributed by atoms with Crippen LogP contribution in [0.3, 0.4) is 0 Å². The Morgan fingerprint density at radius 1 is 0.280 bits per heavy atom. The van der Waals surface area contributed by atoms with Crippen LogP contribution in [0.2, 0.25) is 0 Å². The predicted molar refractivity (Wildman–Crippen MR) is 409 cm³/mol. The van der Waals surface area contributed by atoms with Crippen molar-refractivity contribution in [1.82, 2.24) is 0 Å². The van der Waals surface area contributed by atoms with E-state index in [-0.39, 0.29) is 25.7 Å². The van der Waals surface area contributed by atoms with Gasteiger partial charge in [0.15, 0.2) is 12.2 Å². The Kier molecular flexibility index (Phi) is 71.2. The smallest absolute Gasteiger partial charge is 0.462 e. The maximum absolute atomic E-state index is 13.1. The molecule has 0 heterocycles. The fraction of sp³-hybridized carbons (Fsp3) is 0.951. The summed E-state index contributed by atoms with van der Waals surface area (Å²) in [5.41, 5.74) is 0. The van der Waals surface area contributed by atoms with E-state index in [4.69, 9.17) is 37.0 Å². The zero-order valence-electron chi connectivity index (χ0n) is 65.5. The van der Waals surface area contributed by atoms with Crippen LogP contribution in [-0.4, -0.2) is 96.7 Å². The number of carbonyl (C=O) groups excluding carboxylic acids is 4. The van der Waals surface area contributed by atoms with Crippen LogP contribution >= 0.6 is 15.6 Å². The molecule has 17 nitrogen and oxygen atoms in total. The molecule has 0 aliphatic carbocycles. The van der Waals surface area contributed by atoms with Gasteiger partial charge in [-0.05, 0) is 37.5 Å². The van der Waals surface area contributed by atoms with Crippen molar-refractivity contribution in [2.75, 3.05) is 39.6 Å². The maximum Gasteiger partial charge on any atom is 0.472 e. The number of rotatable bonds is 80. The van der Waals surface area contributed by atoms with Crippen LogP contribution < -0.4 is 0 Å². The van der Waals surface area contributed by atoms with Gasteiger partial charge in [-0.2, -0.15) is 0 Å². The molecule has 0 fully saturated rings. The topological polar surface area (TPSA) is 237 Å². The van der Waals surface area contributed by atoms with Crippen LogP contribution in [0.4, 0.5) is 0 Å². The molecule has 0 bridgehead atoms. The highest BCUT2D eigenvalue weighted by atomic mass is 31.2. The number of phosphoric acid groups is 2. The molecular formula is C81H158O17P2. The summed E-state index contributed by atoms with van der Waals surface area (Å²) in [6, 6.07) is 0. The van der Waals surface area contributed by atoms with Crippen molar-refractivity contribution in [2.24, 2.45) is 11.8 Å². The summed E-state index contributed by atoms with van der Waals surface area (Å²) in [4.78, 5) is 73.0. The van der Waals surface area contributed by atoms with Crippen molar-refractivity contribution in [3.8, 4) is 0 Å². The Morgan fingerprint density at radius 2 is 0.480 bits per heavy atom. The van der Waals surface area contributed by atoms with Gasteiger partial charge in [-0.25, -0.2) is 9.13 Å². The van der Waals surface area contributed by atoms with E-state index in [1.54, 1.807) is 0 Å². The molecule has 594 valence electrons. The van der Waals surface area contributed by atoms with E-state index in [0.717, 1.165) is 108 Å². The number of phosphoric ester groups is 2. The van der Waals surface area contributed by atoms with Gasteiger partial charge in [0.2, 0.25) is 0 Å². The van der Waals surface area contributed by atoms with Gasteiger partial charge in [0.05, 0.1) is 26.4 Å². The normalized spacial score (nSPS) is 14.4. The maximum atomic E-state index is 13.1. The van der Waals surface area contributed by atoms with Crippen LogP contribution in [-0.2, 0) is 65.4 Å². The molecule has 0 aliphatic heterocycles. The van der Waals surface area contributed by atoms with Crippen molar-refractivity contribution < 1.29 is 80.2 Å². The molecule has 0 aromatic carbocycles. The Morgan fingerprint density at radius 3 is 0.710 bits per heavy atom. The first kappa shape index (κ1) is 98.1. The third kappa shape index (κ3) is 71.7. The van der Waals surface area contributed by atoms with Crippen LogP contribution in [0.1, 0.15) is 427 Å². The van der Waals surface area contributed by atoms with E-state index in [1.165, 1.54) is 238 Å². The zero-order chi connectivity index (χ0) is 73.5. The summed E-state index contributed by atoms with van der Waals surface area (Å²) in [7, 11) is -9.92. The van der Waals surface area contributed by atoms with Gasteiger partial charge < -0.3 is 33.8 Å². The second kappa shape index (κ2) is 72.6. The second-order valence-corrected chi connectivity index (χ2v) is 32.6. The minimum atomic E-state index is -4.96. The Bertz CT molecular complexity index is 1930. The lowest BCUT2D eigenvalue weighted by atomic mass is 9.99. The molecular weight excluding hydrogens is 1310 g/mol. The molecule has 0 saturated carbocycles. The second-order valence-electron chi connectivity index (χ2n) is 29.6. The first-order chi connectivity index (χ1) is 48.4. The van der Waals surface area contributed by atoms with Gasteiger partial charge in [-0.1, -0.05) is 375 Å². The summed E-state index contributed by atoms with van der Waals surface area (Å²) in [6.07, 6.45) is 62.4. The third-order valence-electron chi connectivity index (χ3n) is 19.7. The van der Waals surface area contributed by atoms with Gasteiger partial charge in [0, 0.05) is 25.7 Å². The van der Waals surface area contributed by atoms with Crippen molar-refractivity contribution in [1.29, 1.82) is 0 Å². The summed E-state index contributed by atoms with van der Waals surface area (Å²) in [6.45, 7) is 9.62. The lowest BCUT2D eigenvalue weighted by Crippen LogP contribution is -2.30. The highest BCUT2D eigenvalue weighted by Crippen LogP contribution is 2.45. The van der Waals surface area contributed by atoms with Crippen molar-refractivity contribution in [3.63, 3.8) is 0 Å². The molecule has 0 rings (SSSR count). The Balaban J connectivity index is 5.24. The molecule has 0 aromatic heterocycles. The number of ether oxygens (including phenoxy) is 4. The van der Waals surface area contributed by atoms with E-state index >= 15 is 0 Å². The third-order valence-corrected chi connectivity index (χ3v) is 21.6. The molecule has 0 aliphatic rings. The number of unbranched alkanes of at least 4 members (excludes halogenated alkanes) is 48. The predicted octanol–water partition coefficient (Wildman–Crippen LogP) is 24.3. The monoisotopic (exact) mass is 1470 g/mol. The molecule has 19 heteroatoms. The SMILES string of the molecule is CCCCCCCCCCCCCCCCCCCCCC(=O)O[C@H](COC(=O)CCCCCCCCCCCCCCCCCCC)COP(=O)(O)OC[C@@H](O)COP(=O)(O)OC[C@@H](COC(=O)CCCCCCCCC(C)CC)OC(=O)CCCCCCCCCCCCC(C)CC. The minimum absolute atomic E-state index is 0.106. The standard InChI is InChI=1S/C81H158O17P2/c1-7-11-13-15-17-19-21-23-25-27-28-30-32-34-36-41-45-53-59-65-80(85)97-76(69-91-78(83)63-57-51-44-40-35-33-31-29-26-24-22-20-18-16-14-12-8-2)71-95-99(87,88)93-67-75(82)68-94-100(89,90)96-72-77(70-92-79(84)64-58-52-48-47-50-56-62-74(6)10-4)98-81(86)66-60-54-46-42-38-37-39-43-49-55-61-73(5)9-3/h73-77,82H,7-72H2,1-6H3,(H,87,88)(H,89,90)/t73?,74?,75-,76-,77-/m1/s1. The molecule has 3 N–H and O–H groups in total. The molecule has 7 atom stereocenters. The minimum Gasteiger partial charge on any atom is -0.462 e. The molecule has 0 saturated heterocycles. The van der Waals surface area contributed by atoms with E-state index in [0.29, 0.717) is 25.7 Å². The van der Waals surface area contributed by atoms with Crippen molar-refractivity contribution in [2.45, 2.75) is 445 Å². The first-order valence-electron chi connectivity index (χ1n) is 42.1. The zero-order valence-corrected chi connectivity index (χ0v) is 67.3. The van der Waals surface area contributed by atoms with Crippen LogP contribution in [0, 0.1) is 11.8 Å². The molecule has 0 spiro atoms. The number of carbonyl (C=O) groups is 4.